The first-order valence-corrected chi connectivity index (χ1v) is 8.03. The molecule has 0 aliphatic rings. The topological polar surface area (TPSA) is 73.6 Å². The Hall–Kier alpha value is -2.80. The smallest absolute Gasteiger partial charge is 0.260 e. The number of carbonyl (C=O) groups excluding carboxylic acids is 1. The van der Waals surface area contributed by atoms with Gasteiger partial charge in [-0.15, -0.1) is 11.3 Å². The van der Waals surface area contributed by atoms with E-state index in [9.17, 15) is 4.79 Å². The van der Waals surface area contributed by atoms with E-state index < -0.39 is 0 Å². The Morgan fingerprint density at radius 2 is 2.08 bits per heavy atom. The van der Waals surface area contributed by atoms with Crippen LogP contribution in [0.3, 0.4) is 0 Å². The molecule has 7 heteroatoms. The molecule has 0 spiro atoms. The predicted octanol–water partition coefficient (Wildman–Crippen LogP) is 3.98. The fourth-order valence-corrected chi connectivity index (χ4v) is 2.96. The molecular formula is C17H16N2O4S. The Bertz CT molecular complexity index is 869. The molecule has 0 bridgehead atoms. The van der Waals surface area contributed by atoms with E-state index in [-0.39, 0.29) is 5.91 Å². The molecule has 0 unspecified atom stereocenters. The standard InChI is InChI=1S/C17H16N2O4S/c1-10-12(6-7-23-10)16(20)19-17-18-14(9-24-17)13-5-4-11(21-2)8-15(13)22-3/h4-9H,1-3H3,(H,18,19,20). The van der Waals surface area contributed by atoms with E-state index in [0.29, 0.717) is 28.0 Å². The number of rotatable bonds is 5. The lowest BCUT2D eigenvalue weighted by Gasteiger charge is -2.08. The summed E-state index contributed by atoms with van der Waals surface area (Å²) < 4.78 is 15.7. The van der Waals surface area contributed by atoms with Crippen molar-refractivity contribution in [2.45, 2.75) is 6.92 Å². The number of methoxy groups -OCH3 is 2. The van der Waals surface area contributed by atoms with Crippen molar-refractivity contribution in [1.29, 1.82) is 0 Å². The quantitative estimate of drug-likeness (QED) is 0.758. The first kappa shape index (κ1) is 16.1. The molecule has 3 aromatic rings. The predicted molar refractivity (Wildman–Crippen MR) is 92.1 cm³/mol. The molecule has 124 valence electrons. The van der Waals surface area contributed by atoms with Gasteiger partial charge in [0.1, 0.15) is 17.3 Å². The van der Waals surface area contributed by atoms with E-state index in [4.69, 9.17) is 13.9 Å². The monoisotopic (exact) mass is 344 g/mol. The van der Waals surface area contributed by atoms with Crippen LogP contribution in [0.5, 0.6) is 11.5 Å². The van der Waals surface area contributed by atoms with Gasteiger partial charge in [0.2, 0.25) is 0 Å². The van der Waals surface area contributed by atoms with Crippen molar-refractivity contribution in [2.75, 3.05) is 19.5 Å². The average molecular weight is 344 g/mol. The number of anilines is 1. The Kier molecular flexibility index (Phi) is 4.52. The molecule has 0 atom stereocenters. The van der Waals surface area contributed by atoms with Crippen LogP contribution in [0.15, 0.2) is 40.3 Å². The van der Waals surface area contributed by atoms with Crippen LogP contribution in [0.2, 0.25) is 0 Å². The number of hydrogen-bond donors (Lipinski definition) is 1. The number of benzene rings is 1. The second kappa shape index (κ2) is 6.76. The number of ether oxygens (including phenoxy) is 2. The minimum atomic E-state index is -0.246. The maximum atomic E-state index is 12.2. The normalized spacial score (nSPS) is 10.5. The Balaban J connectivity index is 1.83. The van der Waals surface area contributed by atoms with Gasteiger partial charge in [-0.3, -0.25) is 10.1 Å². The highest BCUT2D eigenvalue weighted by Gasteiger charge is 2.15. The van der Waals surface area contributed by atoms with Gasteiger partial charge >= 0.3 is 0 Å². The van der Waals surface area contributed by atoms with Gasteiger partial charge in [-0.2, -0.15) is 0 Å². The number of thiazole rings is 1. The van der Waals surface area contributed by atoms with Gasteiger partial charge in [-0.1, -0.05) is 0 Å². The summed E-state index contributed by atoms with van der Waals surface area (Å²) in [5.74, 6) is 1.68. The lowest BCUT2D eigenvalue weighted by molar-refractivity contribution is 0.102. The summed E-state index contributed by atoms with van der Waals surface area (Å²) >= 11 is 1.34. The summed E-state index contributed by atoms with van der Waals surface area (Å²) in [5.41, 5.74) is 2.04. The number of nitrogens with zero attached hydrogens (tertiary/aromatic N) is 1. The lowest BCUT2D eigenvalue weighted by Crippen LogP contribution is -2.11. The van der Waals surface area contributed by atoms with Crippen molar-refractivity contribution in [3.05, 3.63) is 47.2 Å². The molecule has 2 heterocycles. The first-order chi connectivity index (χ1) is 11.6. The van der Waals surface area contributed by atoms with E-state index in [1.54, 1.807) is 33.3 Å². The summed E-state index contributed by atoms with van der Waals surface area (Å²) in [6, 6.07) is 7.14. The molecule has 1 amide bonds. The highest BCUT2D eigenvalue weighted by Crippen LogP contribution is 2.34. The van der Waals surface area contributed by atoms with Crippen molar-refractivity contribution in [1.82, 2.24) is 4.98 Å². The first-order valence-electron chi connectivity index (χ1n) is 7.15. The zero-order chi connectivity index (χ0) is 17.1. The van der Waals surface area contributed by atoms with Crippen molar-refractivity contribution in [3.63, 3.8) is 0 Å². The second-order valence-corrected chi connectivity index (χ2v) is 5.81. The van der Waals surface area contributed by atoms with Gasteiger partial charge in [0.05, 0.1) is 31.7 Å². The number of furan rings is 1. The Morgan fingerprint density at radius 1 is 1.25 bits per heavy atom. The molecule has 6 nitrogen and oxygen atoms in total. The molecule has 2 aromatic heterocycles. The molecule has 24 heavy (non-hydrogen) atoms. The van der Waals surface area contributed by atoms with Crippen molar-refractivity contribution in [3.8, 4) is 22.8 Å². The number of carbonyl (C=O) groups is 1. The number of aromatic nitrogens is 1. The summed E-state index contributed by atoms with van der Waals surface area (Å²) in [4.78, 5) is 16.7. The summed E-state index contributed by atoms with van der Waals surface area (Å²) in [7, 11) is 3.19. The van der Waals surface area contributed by atoms with Crippen LogP contribution >= 0.6 is 11.3 Å². The van der Waals surface area contributed by atoms with Crippen LogP contribution in [-0.4, -0.2) is 25.1 Å². The molecule has 3 rings (SSSR count). The maximum Gasteiger partial charge on any atom is 0.260 e. The summed E-state index contributed by atoms with van der Waals surface area (Å²) in [6.45, 7) is 1.74. The SMILES string of the molecule is COc1ccc(-c2csc(NC(=O)c3ccoc3C)n2)c(OC)c1. The maximum absolute atomic E-state index is 12.2. The Morgan fingerprint density at radius 3 is 2.75 bits per heavy atom. The van der Waals surface area contributed by atoms with Crippen LogP contribution in [0, 0.1) is 6.92 Å². The zero-order valence-corrected chi connectivity index (χ0v) is 14.3. The van der Waals surface area contributed by atoms with Crippen molar-refractivity contribution < 1.29 is 18.7 Å². The van der Waals surface area contributed by atoms with Crippen molar-refractivity contribution in [2.24, 2.45) is 0 Å². The third-order valence-corrected chi connectivity index (χ3v) is 4.27. The lowest BCUT2D eigenvalue weighted by atomic mass is 10.1. The van der Waals surface area contributed by atoms with Crippen LogP contribution < -0.4 is 14.8 Å². The average Bonchev–Trinajstić information content (AvgIpc) is 3.23. The number of nitrogens with one attached hydrogen (secondary N) is 1. The summed E-state index contributed by atoms with van der Waals surface area (Å²) in [5, 5.41) is 5.15. The molecule has 0 fully saturated rings. The fourth-order valence-electron chi connectivity index (χ4n) is 2.25. The largest absolute Gasteiger partial charge is 0.497 e. The highest BCUT2D eigenvalue weighted by molar-refractivity contribution is 7.14. The highest BCUT2D eigenvalue weighted by atomic mass is 32.1. The molecule has 1 aromatic carbocycles. The Labute approximate surface area is 143 Å². The van der Waals surface area contributed by atoms with Crippen LogP contribution in [0.1, 0.15) is 16.1 Å². The van der Waals surface area contributed by atoms with Gasteiger partial charge in [0, 0.05) is 17.0 Å². The van der Waals surface area contributed by atoms with E-state index in [1.807, 2.05) is 17.5 Å². The molecule has 0 aliphatic heterocycles. The fraction of sp³-hybridized carbons (Fsp3) is 0.176. The van der Waals surface area contributed by atoms with E-state index in [1.165, 1.54) is 17.6 Å². The van der Waals surface area contributed by atoms with Gasteiger partial charge in [0.15, 0.2) is 5.13 Å². The van der Waals surface area contributed by atoms with Gasteiger partial charge in [-0.25, -0.2) is 4.98 Å². The van der Waals surface area contributed by atoms with E-state index in [2.05, 4.69) is 10.3 Å². The molecule has 0 aliphatic carbocycles. The van der Waals surface area contributed by atoms with Crippen molar-refractivity contribution >= 4 is 22.4 Å². The van der Waals surface area contributed by atoms with Crippen LogP contribution in [0.25, 0.3) is 11.3 Å². The van der Waals surface area contributed by atoms with E-state index >= 15 is 0 Å². The third kappa shape index (κ3) is 3.11. The minimum absolute atomic E-state index is 0.246. The van der Waals surface area contributed by atoms with Gasteiger partial charge < -0.3 is 13.9 Å². The van der Waals surface area contributed by atoms with E-state index in [0.717, 1.165) is 11.3 Å². The molecule has 0 radical (unpaired) electrons. The molecule has 0 saturated heterocycles. The second-order valence-electron chi connectivity index (χ2n) is 4.95. The molecular weight excluding hydrogens is 328 g/mol. The third-order valence-electron chi connectivity index (χ3n) is 3.51. The number of hydrogen-bond acceptors (Lipinski definition) is 6. The molecule has 1 N–H and O–H groups in total. The van der Waals surface area contributed by atoms with Crippen LogP contribution in [0.4, 0.5) is 5.13 Å². The minimum Gasteiger partial charge on any atom is -0.497 e. The van der Waals surface area contributed by atoms with Crippen LogP contribution in [-0.2, 0) is 0 Å². The van der Waals surface area contributed by atoms with Gasteiger partial charge in [-0.05, 0) is 25.1 Å². The summed E-state index contributed by atoms with van der Waals surface area (Å²) in [6.07, 6.45) is 1.49. The zero-order valence-electron chi connectivity index (χ0n) is 13.5. The number of amides is 1. The number of aryl methyl sites for hydroxylation is 1. The molecule has 0 saturated carbocycles. The van der Waals surface area contributed by atoms with Gasteiger partial charge in [0.25, 0.3) is 5.91 Å².